The monoisotopic (exact) mass is 303 g/mol. The molecule has 1 aromatic rings. The Morgan fingerprint density at radius 2 is 2.18 bits per heavy atom. The first-order valence-electron chi connectivity index (χ1n) is 6.99. The molecule has 0 saturated carbocycles. The Balaban J connectivity index is 1.71. The molecule has 0 radical (unpaired) electrons. The van der Waals surface area contributed by atoms with Crippen molar-refractivity contribution in [2.45, 2.75) is 19.3 Å². The predicted octanol–water partition coefficient (Wildman–Crippen LogP) is 2.43. The number of nitro groups is 1. The Kier molecular flexibility index (Phi) is 5.65. The third-order valence-electron chi connectivity index (χ3n) is 3.20. The topological polar surface area (TPSA) is 93.8 Å². The molecule has 0 spiro atoms. The van der Waals surface area contributed by atoms with E-state index < -0.39 is 4.92 Å². The molecule has 7 nitrogen and oxygen atoms in total. The van der Waals surface area contributed by atoms with Crippen molar-refractivity contribution < 1.29 is 14.5 Å². The lowest BCUT2D eigenvalue weighted by atomic mass is 9.96. The summed E-state index contributed by atoms with van der Waals surface area (Å²) in [6.07, 6.45) is 9.01. The number of nitrogens with zero attached hydrogens (tertiary/aromatic N) is 2. The minimum Gasteiger partial charge on any atom is -0.484 e. The van der Waals surface area contributed by atoms with Crippen LogP contribution >= 0.6 is 0 Å². The van der Waals surface area contributed by atoms with E-state index in [2.05, 4.69) is 22.7 Å². The average molecular weight is 303 g/mol. The fourth-order valence-corrected chi connectivity index (χ4v) is 2.01. The zero-order valence-electron chi connectivity index (χ0n) is 12.0. The van der Waals surface area contributed by atoms with E-state index in [0.717, 1.165) is 19.3 Å². The molecule has 0 aliphatic heterocycles. The molecule has 0 saturated heterocycles. The average Bonchev–Trinajstić information content (AvgIpc) is 2.54. The number of ether oxygens (including phenoxy) is 1. The maximum absolute atomic E-state index is 11.6. The van der Waals surface area contributed by atoms with Crippen LogP contribution in [0.4, 0.5) is 5.69 Å². The number of carbonyl (C=O) groups is 1. The van der Waals surface area contributed by atoms with Crippen molar-refractivity contribution in [1.82, 2.24) is 5.43 Å². The first-order valence-corrected chi connectivity index (χ1v) is 6.99. The van der Waals surface area contributed by atoms with Gasteiger partial charge in [0.15, 0.2) is 6.61 Å². The number of hydrogen-bond acceptors (Lipinski definition) is 5. The van der Waals surface area contributed by atoms with Gasteiger partial charge in [0.1, 0.15) is 5.75 Å². The lowest BCUT2D eigenvalue weighted by Gasteiger charge is -2.11. The van der Waals surface area contributed by atoms with Crippen molar-refractivity contribution in [3.8, 4) is 5.75 Å². The molecular formula is C15H17N3O4. The van der Waals surface area contributed by atoms with E-state index in [-0.39, 0.29) is 18.2 Å². The third-order valence-corrected chi connectivity index (χ3v) is 3.20. The van der Waals surface area contributed by atoms with E-state index >= 15 is 0 Å². The van der Waals surface area contributed by atoms with E-state index in [1.54, 1.807) is 6.21 Å². The van der Waals surface area contributed by atoms with Crippen LogP contribution < -0.4 is 10.2 Å². The van der Waals surface area contributed by atoms with Gasteiger partial charge >= 0.3 is 0 Å². The second-order valence-electron chi connectivity index (χ2n) is 4.90. The summed E-state index contributed by atoms with van der Waals surface area (Å²) >= 11 is 0. The molecule has 1 amide bonds. The minimum atomic E-state index is -0.494. The number of amides is 1. The standard InChI is InChI=1S/C15H17N3O4/c19-15(17-16-10-12-4-2-1-3-5-12)11-22-14-8-6-13(7-9-14)18(20)21/h1-2,6-10,12H,3-5,11H2,(H,17,19)/b16-10+. The molecule has 1 aliphatic rings. The quantitative estimate of drug-likeness (QED) is 0.378. The lowest BCUT2D eigenvalue weighted by molar-refractivity contribution is -0.384. The fraction of sp³-hybridized carbons (Fsp3) is 0.333. The molecule has 0 aromatic heterocycles. The van der Waals surface area contributed by atoms with Crippen LogP contribution in [0.3, 0.4) is 0 Å². The molecular weight excluding hydrogens is 286 g/mol. The highest BCUT2D eigenvalue weighted by Gasteiger charge is 2.08. The number of allylic oxidation sites excluding steroid dienone is 2. The van der Waals surface area contributed by atoms with Gasteiger partial charge in [-0.15, -0.1) is 0 Å². The van der Waals surface area contributed by atoms with Gasteiger partial charge in [-0.2, -0.15) is 5.10 Å². The van der Waals surface area contributed by atoms with E-state index in [4.69, 9.17) is 4.74 Å². The lowest BCUT2D eigenvalue weighted by Crippen LogP contribution is -2.25. The van der Waals surface area contributed by atoms with Crippen molar-refractivity contribution >= 4 is 17.8 Å². The van der Waals surface area contributed by atoms with Gasteiger partial charge in [-0.3, -0.25) is 14.9 Å². The van der Waals surface area contributed by atoms with Crippen molar-refractivity contribution in [2.24, 2.45) is 11.0 Å². The molecule has 1 aromatic carbocycles. The Morgan fingerprint density at radius 1 is 1.41 bits per heavy atom. The number of carbonyl (C=O) groups excluding carboxylic acids is 1. The van der Waals surface area contributed by atoms with Crippen molar-refractivity contribution in [1.29, 1.82) is 0 Å². The van der Waals surface area contributed by atoms with Crippen LogP contribution in [0, 0.1) is 16.0 Å². The Morgan fingerprint density at radius 3 is 2.82 bits per heavy atom. The summed E-state index contributed by atoms with van der Waals surface area (Å²) in [7, 11) is 0. The summed E-state index contributed by atoms with van der Waals surface area (Å²) in [5, 5.41) is 14.4. The first-order chi connectivity index (χ1) is 10.6. The summed E-state index contributed by atoms with van der Waals surface area (Å²) in [5.74, 6) is 0.379. The molecule has 2 rings (SSSR count). The van der Waals surface area contributed by atoms with Crippen LogP contribution in [0.2, 0.25) is 0 Å². The first kappa shape index (κ1) is 15.7. The van der Waals surface area contributed by atoms with Crippen molar-refractivity contribution in [2.75, 3.05) is 6.61 Å². The van der Waals surface area contributed by atoms with Crippen molar-refractivity contribution in [3.05, 3.63) is 46.5 Å². The molecule has 1 aliphatic carbocycles. The molecule has 1 N–H and O–H groups in total. The van der Waals surface area contributed by atoms with Crippen molar-refractivity contribution in [3.63, 3.8) is 0 Å². The Bertz CT molecular complexity index is 581. The number of nitrogens with one attached hydrogen (secondary N) is 1. The van der Waals surface area contributed by atoms with Gasteiger partial charge < -0.3 is 4.74 Å². The second-order valence-corrected chi connectivity index (χ2v) is 4.90. The van der Waals surface area contributed by atoms with Gasteiger partial charge in [-0.25, -0.2) is 5.43 Å². The smallest absolute Gasteiger partial charge is 0.277 e. The minimum absolute atomic E-state index is 0.0251. The molecule has 0 bridgehead atoms. The summed E-state index contributed by atoms with van der Waals surface area (Å²) < 4.78 is 5.23. The Labute approximate surface area is 127 Å². The maximum atomic E-state index is 11.6. The van der Waals surface area contributed by atoms with E-state index in [0.29, 0.717) is 11.7 Å². The largest absolute Gasteiger partial charge is 0.484 e. The molecule has 22 heavy (non-hydrogen) atoms. The predicted molar refractivity (Wildman–Crippen MR) is 81.7 cm³/mol. The summed E-state index contributed by atoms with van der Waals surface area (Å²) in [4.78, 5) is 21.6. The highest BCUT2D eigenvalue weighted by molar-refractivity contribution is 5.78. The Hall–Kier alpha value is -2.70. The number of nitro benzene ring substituents is 1. The van der Waals surface area contributed by atoms with Crippen LogP contribution in [-0.2, 0) is 4.79 Å². The summed E-state index contributed by atoms with van der Waals surface area (Å²) in [6.45, 7) is -0.195. The SMILES string of the molecule is O=C(COc1ccc([N+](=O)[O-])cc1)N/N=C/C1CC=CCC1. The summed E-state index contributed by atoms with van der Waals surface area (Å²) in [5.41, 5.74) is 2.38. The van der Waals surface area contributed by atoms with Crippen LogP contribution in [0.1, 0.15) is 19.3 Å². The van der Waals surface area contributed by atoms with Crippen LogP contribution in [0.5, 0.6) is 5.75 Å². The van der Waals surface area contributed by atoms with Gasteiger partial charge in [0.25, 0.3) is 11.6 Å². The van der Waals surface area contributed by atoms with E-state index in [1.165, 1.54) is 24.3 Å². The maximum Gasteiger partial charge on any atom is 0.277 e. The zero-order valence-corrected chi connectivity index (χ0v) is 12.0. The number of hydrazone groups is 1. The zero-order chi connectivity index (χ0) is 15.8. The number of benzene rings is 1. The van der Waals surface area contributed by atoms with Gasteiger partial charge in [0, 0.05) is 18.3 Å². The summed E-state index contributed by atoms with van der Waals surface area (Å²) in [6, 6.07) is 5.54. The fourth-order valence-electron chi connectivity index (χ4n) is 2.01. The molecule has 1 unspecified atom stereocenters. The molecule has 116 valence electrons. The normalized spacial score (nSPS) is 17.4. The highest BCUT2D eigenvalue weighted by atomic mass is 16.6. The van der Waals surface area contributed by atoms with Gasteiger partial charge in [0.2, 0.25) is 0 Å². The van der Waals surface area contributed by atoms with E-state index in [1.807, 2.05) is 0 Å². The second kappa shape index (κ2) is 7.92. The number of hydrogen-bond donors (Lipinski definition) is 1. The third kappa shape index (κ3) is 5.01. The van der Waals surface area contributed by atoms with Gasteiger partial charge in [-0.05, 0) is 37.3 Å². The molecule has 1 atom stereocenters. The van der Waals surface area contributed by atoms with Crippen LogP contribution in [0.25, 0.3) is 0 Å². The van der Waals surface area contributed by atoms with Gasteiger partial charge in [-0.1, -0.05) is 12.2 Å². The molecule has 0 fully saturated rings. The van der Waals surface area contributed by atoms with Crippen LogP contribution in [0.15, 0.2) is 41.5 Å². The molecule has 0 heterocycles. The number of non-ortho nitro benzene ring substituents is 1. The van der Waals surface area contributed by atoms with Crippen LogP contribution in [-0.4, -0.2) is 23.7 Å². The van der Waals surface area contributed by atoms with E-state index in [9.17, 15) is 14.9 Å². The highest BCUT2D eigenvalue weighted by Crippen LogP contribution is 2.17. The number of rotatable bonds is 6. The van der Waals surface area contributed by atoms with Gasteiger partial charge in [0.05, 0.1) is 4.92 Å². The molecule has 7 heteroatoms.